The van der Waals surface area contributed by atoms with Crippen molar-refractivity contribution in [2.75, 3.05) is 60.6 Å². The third-order valence-corrected chi connectivity index (χ3v) is 5.90. The number of hydrogen-bond donors (Lipinski definition) is 1. The molecule has 0 atom stereocenters. The number of hydrogen-bond acceptors (Lipinski definition) is 8. The van der Waals surface area contributed by atoms with Crippen LogP contribution in [-0.4, -0.2) is 70.2 Å². The molecule has 0 aliphatic carbocycles. The number of nitrogens with one attached hydrogen (secondary N) is 1. The predicted octanol–water partition coefficient (Wildman–Crippen LogP) is 0.661. The van der Waals surface area contributed by atoms with Crippen molar-refractivity contribution in [1.82, 2.24) is 15.3 Å². The fourth-order valence-corrected chi connectivity index (χ4v) is 4.25. The van der Waals surface area contributed by atoms with E-state index in [0.29, 0.717) is 42.1 Å². The normalized spacial score (nSPS) is 19.7. The Bertz CT molecular complexity index is 667. The van der Waals surface area contributed by atoms with E-state index >= 15 is 0 Å². The Labute approximate surface area is 156 Å². The van der Waals surface area contributed by atoms with Gasteiger partial charge in [0.2, 0.25) is 11.8 Å². The Morgan fingerprint density at radius 2 is 1.69 bits per heavy atom. The Morgan fingerprint density at radius 1 is 1.08 bits per heavy atom. The van der Waals surface area contributed by atoms with E-state index in [1.54, 1.807) is 0 Å². The first kappa shape index (κ1) is 19.1. The van der Waals surface area contributed by atoms with Crippen molar-refractivity contribution >= 4 is 28.6 Å². The van der Waals surface area contributed by atoms with Gasteiger partial charge in [0.15, 0.2) is 0 Å². The molecule has 10 heteroatoms. The Morgan fingerprint density at radius 3 is 2.23 bits per heavy atom. The fraction of sp³-hybridized carbons (Fsp3) is 0.750. The summed E-state index contributed by atoms with van der Waals surface area (Å²) in [5.74, 6) is 1.92. The molecule has 2 aliphatic rings. The summed E-state index contributed by atoms with van der Waals surface area (Å²) in [6.45, 7) is 10.0. The summed E-state index contributed by atoms with van der Waals surface area (Å²) in [7, 11) is 0. The average Bonchev–Trinajstić information content (AvgIpc) is 2.61. The molecule has 2 fully saturated rings. The Balaban J connectivity index is 2.10. The summed E-state index contributed by atoms with van der Waals surface area (Å²) in [5, 5.41) is 15.2. The first-order valence-electron chi connectivity index (χ1n) is 8.90. The first-order valence-corrected chi connectivity index (χ1v) is 10.4. The number of anilines is 2. The molecular weight excluding hydrogens is 356 g/mol. The van der Waals surface area contributed by atoms with Gasteiger partial charge in [-0.3, -0.25) is 10.1 Å². The molecule has 1 aromatic rings. The van der Waals surface area contributed by atoms with Gasteiger partial charge in [-0.05, 0) is 0 Å². The SMILES string of the molecule is CC(C)(C)c1nc(N2CCNCC2)nc(N2CC[S+]([O-])CC2)c1[N+](=O)[O-]. The molecule has 2 aliphatic heterocycles. The summed E-state index contributed by atoms with van der Waals surface area (Å²) in [6, 6.07) is 0. The lowest BCUT2D eigenvalue weighted by Crippen LogP contribution is -2.45. The molecule has 1 aromatic heterocycles. The topological polar surface area (TPSA) is 110 Å². The number of nitrogens with zero attached hydrogens (tertiary/aromatic N) is 5. The van der Waals surface area contributed by atoms with E-state index in [4.69, 9.17) is 0 Å². The maximum Gasteiger partial charge on any atom is 0.333 e. The molecule has 26 heavy (non-hydrogen) atoms. The second-order valence-corrected chi connectivity index (χ2v) is 9.32. The summed E-state index contributed by atoms with van der Waals surface area (Å²) < 4.78 is 11.7. The van der Waals surface area contributed by atoms with Crippen molar-refractivity contribution < 1.29 is 9.48 Å². The summed E-state index contributed by atoms with van der Waals surface area (Å²) in [5.41, 5.74) is -0.0570. The highest BCUT2D eigenvalue weighted by Crippen LogP contribution is 2.38. The Hall–Kier alpha value is -1.65. The van der Waals surface area contributed by atoms with Crippen LogP contribution in [-0.2, 0) is 16.6 Å². The van der Waals surface area contributed by atoms with Crippen LogP contribution in [0.1, 0.15) is 26.5 Å². The van der Waals surface area contributed by atoms with E-state index in [2.05, 4.69) is 20.2 Å². The smallest absolute Gasteiger partial charge is 0.333 e. The minimum Gasteiger partial charge on any atom is -0.616 e. The van der Waals surface area contributed by atoms with Crippen molar-refractivity contribution in [3.05, 3.63) is 15.8 Å². The number of rotatable bonds is 3. The minimum absolute atomic E-state index is 0.0240. The molecule has 3 rings (SSSR count). The van der Waals surface area contributed by atoms with Crippen LogP contribution >= 0.6 is 0 Å². The van der Waals surface area contributed by atoms with Crippen LogP contribution < -0.4 is 15.1 Å². The van der Waals surface area contributed by atoms with Gasteiger partial charge in [0.1, 0.15) is 17.2 Å². The standard InChI is InChI=1S/C16H26N6O3S/c1-16(2,3)13-12(22(23)24)14(20-8-10-26(25)11-9-20)19-15(18-13)21-6-4-17-5-7-21/h17H,4-11H2,1-3H3. The lowest BCUT2D eigenvalue weighted by Gasteiger charge is -2.32. The third kappa shape index (κ3) is 4.02. The van der Waals surface area contributed by atoms with Crippen molar-refractivity contribution in [3.8, 4) is 0 Å². The average molecular weight is 382 g/mol. The third-order valence-electron chi connectivity index (χ3n) is 4.62. The molecular formula is C16H26N6O3S. The largest absolute Gasteiger partial charge is 0.616 e. The molecule has 3 heterocycles. The van der Waals surface area contributed by atoms with Crippen molar-refractivity contribution in [2.45, 2.75) is 26.2 Å². The molecule has 0 bridgehead atoms. The number of aromatic nitrogens is 2. The lowest BCUT2D eigenvalue weighted by molar-refractivity contribution is -0.385. The zero-order chi connectivity index (χ0) is 18.9. The van der Waals surface area contributed by atoms with Gasteiger partial charge in [0.05, 0.1) is 18.0 Å². The maximum atomic E-state index is 11.9. The van der Waals surface area contributed by atoms with Crippen LogP contribution in [0.5, 0.6) is 0 Å². The van der Waals surface area contributed by atoms with Crippen LogP contribution in [0.15, 0.2) is 0 Å². The van der Waals surface area contributed by atoms with Crippen molar-refractivity contribution in [2.24, 2.45) is 0 Å². The molecule has 0 amide bonds. The van der Waals surface area contributed by atoms with Gasteiger partial charge in [-0.25, -0.2) is 4.98 Å². The molecule has 0 unspecified atom stereocenters. The van der Waals surface area contributed by atoms with E-state index < -0.39 is 16.6 Å². The second-order valence-electron chi connectivity index (χ2n) is 7.62. The van der Waals surface area contributed by atoms with Gasteiger partial charge < -0.3 is 19.7 Å². The van der Waals surface area contributed by atoms with Gasteiger partial charge in [-0.1, -0.05) is 31.9 Å². The monoisotopic (exact) mass is 382 g/mol. The van der Waals surface area contributed by atoms with E-state index in [0.717, 1.165) is 26.2 Å². The van der Waals surface area contributed by atoms with Crippen molar-refractivity contribution in [1.29, 1.82) is 0 Å². The van der Waals surface area contributed by atoms with Gasteiger partial charge >= 0.3 is 5.69 Å². The zero-order valence-corrected chi connectivity index (χ0v) is 16.3. The molecule has 1 N–H and O–H groups in total. The number of piperazine rings is 1. The molecule has 9 nitrogen and oxygen atoms in total. The van der Waals surface area contributed by atoms with Gasteiger partial charge in [0, 0.05) is 31.6 Å². The summed E-state index contributed by atoms with van der Waals surface area (Å²) in [6.07, 6.45) is 0. The lowest BCUT2D eigenvalue weighted by atomic mass is 9.90. The van der Waals surface area contributed by atoms with Gasteiger partial charge in [-0.2, -0.15) is 4.98 Å². The predicted molar refractivity (Wildman–Crippen MR) is 103 cm³/mol. The van der Waals surface area contributed by atoms with Crippen LogP contribution in [0.4, 0.5) is 17.5 Å². The summed E-state index contributed by atoms with van der Waals surface area (Å²) in [4.78, 5) is 24.7. The molecule has 0 spiro atoms. The summed E-state index contributed by atoms with van der Waals surface area (Å²) >= 11 is -0.858. The van der Waals surface area contributed by atoms with Crippen molar-refractivity contribution in [3.63, 3.8) is 0 Å². The van der Waals surface area contributed by atoms with Gasteiger partial charge in [0.25, 0.3) is 0 Å². The van der Waals surface area contributed by atoms with Crippen LogP contribution in [0.3, 0.4) is 0 Å². The molecule has 0 radical (unpaired) electrons. The highest BCUT2D eigenvalue weighted by molar-refractivity contribution is 7.91. The van der Waals surface area contributed by atoms with Crippen LogP contribution in [0.25, 0.3) is 0 Å². The van der Waals surface area contributed by atoms with E-state index in [1.165, 1.54) is 0 Å². The minimum atomic E-state index is -0.858. The van der Waals surface area contributed by atoms with Crippen LogP contribution in [0, 0.1) is 10.1 Å². The Kier molecular flexibility index (Phi) is 5.54. The van der Waals surface area contributed by atoms with Crippen LogP contribution in [0.2, 0.25) is 0 Å². The molecule has 0 aromatic carbocycles. The number of nitro groups is 1. The highest BCUT2D eigenvalue weighted by atomic mass is 32.2. The quantitative estimate of drug-likeness (QED) is 0.461. The molecule has 0 saturated carbocycles. The van der Waals surface area contributed by atoms with E-state index in [1.807, 2.05) is 25.7 Å². The molecule has 2 saturated heterocycles. The van der Waals surface area contributed by atoms with E-state index in [9.17, 15) is 14.7 Å². The second kappa shape index (κ2) is 7.53. The highest BCUT2D eigenvalue weighted by Gasteiger charge is 2.36. The van der Waals surface area contributed by atoms with E-state index in [-0.39, 0.29) is 10.6 Å². The first-order chi connectivity index (χ1) is 12.3. The fourth-order valence-electron chi connectivity index (χ4n) is 3.20. The maximum absolute atomic E-state index is 11.9. The van der Waals surface area contributed by atoms with Gasteiger partial charge in [-0.15, -0.1) is 0 Å². The molecule has 144 valence electrons. The zero-order valence-electron chi connectivity index (χ0n) is 15.5.